The van der Waals surface area contributed by atoms with Gasteiger partial charge in [0.05, 0.1) is 6.21 Å². The van der Waals surface area contributed by atoms with Crippen LogP contribution < -0.4 is 0 Å². The predicted octanol–water partition coefficient (Wildman–Crippen LogP) is 2.98. The van der Waals surface area contributed by atoms with Gasteiger partial charge in [0.2, 0.25) is 0 Å². The summed E-state index contributed by atoms with van der Waals surface area (Å²) >= 11 is 0. The van der Waals surface area contributed by atoms with Gasteiger partial charge >= 0.3 is 0 Å². The monoisotopic (exact) mass is 211 g/mol. The summed E-state index contributed by atoms with van der Waals surface area (Å²) < 4.78 is 0. The number of nitrogens with zero attached hydrogens (tertiary/aromatic N) is 1. The molecule has 0 radical (unpaired) electrons. The smallest absolute Gasteiger partial charge is 0.0702 e. The van der Waals surface area contributed by atoms with Gasteiger partial charge in [0.15, 0.2) is 0 Å². The Hall–Kier alpha value is -2.01. The molecule has 2 heteroatoms. The first-order valence-electron chi connectivity index (χ1n) is 5.36. The fourth-order valence-corrected chi connectivity index (χ4v) is 1.79. The van der Waals surface area contributed by atoms with E-state index in [4.69, 9.17) is 5.21 Å². The lowest BCUT2D eigenvalue weighted by molar-refractivity contribution is 0.321. The molecule has 0 aromatic heterocycles. The first-order valence-corrected chi connectivity index (χ1v) is 5.36. The normalized spacial score (nSPS) is 15.2. The molecule has 0 spiro atoms. The number of rotatable bonds is 1. The summed E-state index contributed by atoms with van der Waals surface area (Å²) in [4.78, 5) is 0. The molecule has 0 fully saturated rings. The Bertz CT molecular complexity index is 474. The number of hydrogen-bond acceptors (Lipinski definition) is 2. The average Bonchev–Trinajstić information content (AvgIpc) is 2.76. The van der Waals surface area contributed by atoms with Gasteiger partial charge in [0, 0.05) is 11.1 Å². The molecule has 0 saturated heterocycles. The summed E-state index contributed by atoms with van der Waals surface area (Å²) in [7, 11) is 0. The van der Waals surface area contributed by atoms with Gasteiger partial charge in [0.1, 0.15) is 0 Å². The maximum Gasteiger partial charge on any atom is 0.0702 e. The van der Waals surface area contributed by atoms with E-state index in [2.05, 4.69) is 17.0 Å². The molecule has 80 valence electrons. The van der Waals surface area contributed by atoms with E-state index in [1.54, 1.807) is 0 Å². The topological polar surface area (TPSA) is 32.6 Å². The Morgan fingerprint density at radius 1 is 1.12 bits per heavy atom. The maximum absolute atomic E-state index is 8.52. The summed E-state index contributed by atoms with van der Waals surface area (Å²) in [5, 5.41) is 11.6. The number of benzene rings is 1. The first kappa shape index (κ1) is 10.5. The Morgan fingerprint density at radius 2 is 1.94 bits per heavy atom. The highest BCUT2D eigenvalue weighted by molar-refractivity contribution is 5.81. The molecular formula is C14H13NO. The van der Waals surface area contributed by atoms with Crippen LogP contribution in [0.15, 0.2) is 46.6 Å². The molecule has 2 rings (SSSR count). The zero-order chi connectivity index (χ0) is 11.2. The number of oxime groups is 1. The fraction of sp³-hybridized carbons (Fsp3) is 0.214. The van der Waals surface area contributed by atoms with Crippen LogP contribution in [-0.4, -0.2) is 11.4 Å². The van der Waals surface area contributed by atoms with Crippen LogP contribution >= 0.6 is 0 Å². The van der Waals surface area contributed by atoms with E-state index in [0.29, 0.717) is 0 Å². The minimum Gasteiger partial charge on any atom is -0.411 e. The summed E-state index contributed by atoms with van der Waals surface area (Å²) in [5.41, 5.74) is 3.18. The molecule has 0 saturated carbocycles. The van der Waals surface area contributed by atoms with E-state index in [-0.39, 0.29) is 0 Å². The van der Waals surface area contributed by atoms with Gasteiger partial charge in [-0.2, -0.15) is 0 Å². The molecule has 0 unspecified atom stereocenters. The summed E-state index contributed by atoms with van der Waals surface area (Å²) in [6, 6.07) is 9.90. The van der Waals surface area contributed by atoms with Crippen molar-refractivity contribution in [2.45, 2.75) is 19.3 Å². The Morgan fingerprint density at radius 3 is 2.69 bits per heavy atom. The van der Waals surface area contributed by atoms with Crippen molar-refractivity contribution in [1.82, 2.24) is 0 Å². The zero-order valence-electron chi connectivity index (χ0n) is 8.98. The Labute approximate surface area is 95.3 Å². The molecule has 0 aliphatic heterocycles. The van der Waals surface area contributed by atoms with Crippen LogP contribution in [0.5, 0.6) is 0 Å². The van der Waals surface area contributed by atoms with Crippen molar-refractivity contribution in [3.63, 3.8) is 0 Å². The Kier molecular flexibility index (Phi) is 3.40. The second-order valence-corrected chi connectivity index (χ2v) is 3.72. The fourth-order valence-electron chi connectivity index (χ4n) is 1.79. The van der Waals surface area contributed by atoms with Crippen LogP contribution in [0.1, 0.15) is 24.8 Å². The van der Waals surface area contributed by atoms with Crippen LogP contribution in [0, 0.1) is 11.8 Å². The van der Waals surface area contributed by atoms with E-state index >= 15 is 0 Å². The lowest BCUT2D eigenvalue weighted by Gasteiger charge is -1.92. The molecule has 0 amide bonds. The van der Waals surface area contributed by atoms with Crippen molar-refractivity contribution in [2.75, 3.05) is 0 Å². The quantitative estimate of drug-likeness (QED) is 0.329. The zero-order valence-corrected chi connectivity index (χ0v) is 8.98. The first-order chi connectivity index (χ1) is 7.90. The van der Waals surface area contributed by atoms with Crippen molar-refractivity contribution in [1.29, 1.82) is 0 Å². The van der Waals surface area contributed by atoms with Crippen LogP contribution in [0.4, 0.5) is 0 Å². The SMILES string of the molecule is ON=CC1=C(C#Cc2ccccc2)CCC1. The molecule has 0 atom stereocenters. The highest BCUT2D eigenvalue weighted by Crippen LogP contribution is 2.23. The summed E-state index contributed by atoms with van der Waals surface area (Å²) in [6.45, 7) is 0. The highest BCUT2D eigenvalue weighted by Gasteiger charge is 2.10. The van der Waals surface area contributed by atoms with Crippen LogP contribution in [-0.2, 0) is 0 Å². The largest absolute Gasteiger partial charge is 0.411 e. The molecule has 1 N–H and O–H groups in total. The maximum atomic E-state index is 8.52. The molecule has 1 aliphatic carbocycles. The van der Waals surface area contributed by atoms with Gasteiger partial charge in [0.25, 0.3) is 0 Å². The van der Waals surface area contributed by atoms with E-state index in [1.807, 2.05) is 30.3 Å². The second-order valence-electron chi connectivity index (χ2n) is 3.72. The molecule has 0 bridgehead atoms. The third-order valence-electron chi connectivity index (χ3n) is 2.61. The number of hydrogen-bond donors (Lipinski definition) is 1. The third kappa shape index (κ3) is 2.52. The van der Waals surface area contributed by atoms with Crippen molar-refractivity contribution < 1.29 is 5.21 Å². The molecule has 16 heavy (non-hydrogen) atoms. The van der Waals surface area contributed by atoms with Crippen molar-refractivity contribution in [3.05, 3.63) is 47.0 Å². The van der Waals surface area contributed by atoms with Crippen LogP contribution in [0.3, 0.4) is 0 Å². The van der Waals surface area contributed by atoms with Gasteiger partial charge in [-0.3, -0.25) is 0 Å². The molecule has 0 heterocycles. The van der Waals surface area contributed by atoms with E-state index in [1.165, 1.54) is 6.21 Å². The van der Waals surface area contributed by atoms with E-state index in [0.717, 1.165) is 36.0 Å². The molecule has 1 aromatic rings. The standard InChI is InChI=1S/C14H13NO/c16-15-11-14-8-4-7-13(14)10-9-12-5-2-1-3-6-12/h1-3,5-6,11,16H,4,7-8H2. The molecular weight excluding hydrogens is 198 g/mol. The summed E-state index contributed by atoms with van der Waals surface area (Å²) in [5.74, 6) is 6.28. The second kappa shape index (κ2) is 5.18. The van der Waals surface area contributed by atoms with E-state index in [9.17, 15) is 0 Å². The van der Waals surface area contributed by atoms with Gasteiger partial charge in [-0.15, -0.1) is 0 Å². The Balaban J connectivity index is 2.22. The lowest BCUT2D eigenvalue weighted by Crippen LogP contribution is -1.83. The van der Waals surface area contributed by atoms with Crippen molar-refractivity contribution in [3.8, 4) is 11.8 Å². The number of allylic oxidation sites excluding steroid dienone is 2. The molecule has 2 nitrogen and oxygen atoms in total. The van der Waals surface area contributed by atoms with Gasteiger partial charge in [-0.25, -0.2) is 0 Å². The molecule has 1 aliphatic rings. The van der Waals surface area contributed by atoms with Crippen molar-refractivity contribution >= 4 is 6.21 Å². The minimum absolute atomic E-state index is 0.961. The summed E-state index contributed by atoms with van der Waals surface area (Å²) in [6.07, 6.45) is 4.55. The van der Waals surface area contributed by atoms with Crippen LogP contribution in [0.2, 0.25) is 0 Å². The van der Waals surface area contributed by atoms with Gasteiger partial charge in [-0.05, 0) is 37.0 Å². The average molecular weight is 211 g/mol. The van der Waals surface area contributed by atoms with Crippen molar-refractivity contribution in [2.24, 2.45) is 5.16 Å². The minimum atomic E-state index is 0.961. The third-order valence-corrected chi connectivity index (χ3v) is 2.61. The molecule has 1 aromatic carbocycles. The predicted molar refractivity (Wildman–Crippen MR) is 64.5 cm³/mol. The van der Waals surface area contributed by atoms with Crippen LogP contribution in [0.25, 0.3) is 0 Å². The van der Waals surface area contributed by atoms with E-state index < -0.39 is 0 Å². The van der Waals surface area contributed by atoms with Gasteiger partial charge in [-0.1, -0.05) is 35.2 Å². The lowest BCUT2D eigenvalue weighted by atomic mass is 10.1. The highest BCUT2D eigenvalue weighted by atomic mass is 16.4. The van der Waals surface area contributed by atoms with Gasteiger partial charge < -0.3 is 5.21 Å².